The Morgan fingerprint density at radius 1 is 0.963 bits per heavy atom. The maximum Gasteiger partial charge on any atom is 2.00 e. The van der Waals surface area contributed by atoms with Crippen LogP contribution in [0.3, 0.4) is 0 Å². The van der Waals surface area contributed by atoms with Crippen LogP contribution in [-0.2, 0) is 38.0 Å². The van der Waals surface area contributed by atoms with Crippen LogP contribution in [0.15, 0.2) is 66.3 Å². The summed E-state index contributed by atoms with van der Waals surface area (Å²) in [5, 5.41) is 0. The SMILES string of the molecule is CCCCC(C)(C1=CC=CC1)c1cccc2c1Cc1ccccc1-2.[Cl-].[Cl-].[Zr+2]. The molecule has 0 nitrogen and oxygen atoms in total. The molecule has 0 N–H and O–H groups in total. The van der Waals surface area contributed by atoms with E-state index >= 15 is 0 Å². The summed E-state index contributed by atoms with van der Waals surface area (Å²) < 4.78 is 0. The monoisotopic (exact) mass is 474 g/mol. The number of allylic oxidation sites excluding steroid dienone is 4. The van der Waals surface area contributed by atoms with Crippen LogP contribution in [0, 0.1) is 0 Å². The standard InChI is InChI=1S/C24H26.2ClH.Zr/c1-3-4-16-24(2,19-11-6-7-12-19)23-15-9-14-21-20-13-8-5-10-18(20)17-22(21)23;;;/h5-11,13-15H,3-4,12,16-17H2,1-2H3;2*1H;/q;;;+2/p-2. The molecule has 140 valence electrons. The Morgan fingerprint density at radius 2 is 1.70 bits per heavy atom. The van der Waals surface area contributed by atoms with Gasteiger partial charge in [0.1, 0.15) is 0 Å². The summed E-state index contributed by atoms with van der Waals surface area (Å²) in [5.74, 6) is 0. The quantitative estimate of drug-likeness (QED) is 0.506. The van der Waals surface area contributed by atoms with Gasteiger partial charge in [-0.25, -0.2) is 0 Å². The molecule has 0 saturated carbocycles. The van der Waals surface area contributed by atoms with Crippen LogP contribution >= 0.6 is 0 Å². The molecule has 0 aliphatic heterocycles. The minimum Gasteiger partial charge on any atom is -1.00 e. The molecule has 0 heterocycles. The Kier molecular flexibility index (Phi) is 9.26. The van der Waals surface area contributed by atoms with E-state index in [4.69, 9.17) is 0 Å². The molecule has 27 heavy (non-hydrogen) atoms. The number of hydrogen-bond donors (Lipinski definition) is 0. The first-order valence-corrected chi connectivity index (χ1v) is 9.31. The summed E-state index contributed by atoms with van der Waals surface area (Å²) in [6, 6.07) is 15.9. The van der Waals surface area contributed by atoms with Gasteiger partial charge in [-0.1, -0.05) is 93.0 Å². The third kappa shape index (κ3) is 4.37. The first kappa shape index (κ1) is 24.4. The number of benzene rings is 2. The Balaban J connectivity index is 0.00000121. The summed E-state index contributed by atoms with van der Waals surface area (Å²) in [7, 11) is 0. The van der Waals surface area contributed by atoms with E-state index in [9.17, 15) is 0 Å². The van der Waals surface area contributed by atoms with Crippen molar-refractivity contribution in [2.45, 2.75) is 51.4 Å². The Morgan fingerprint density at radius 3 is 2.41 bits per heavy atom. The van der Waals surface area contributed by atoms with Crippen LogP contribution in [0.25, 0.3) is 11.1 Å². The second kappa shape index (κ2) is 10.2. The van der Waals surface area contributed by atoms with Crippen LogP contribution in [0.2, 0.25) is 0 Å². The van der Waals surface area contributed by atoms with E-state index in [1.165, 1.54) is 36.0 Å². The molecule has 2 aliphatic carbocycles. The van der Waals surface area contributed by atoms with Crippen LogP contribution in [0.1, 0.15) is 56.2 Å². The fraction of sp³-hybridized carbons (Fsp3) is 0.333. The van der Waals surface area contributed by atoms with Gasteiger partial charge in [-0.3, -0.25) is 0 Å². The van der Waals surface area contributed by atoms with Crippen LogP contribution in [0.4, 0.5) is 0 Å². The first-order chi connectivity index (χ1) is 11.7. The zero-order valence-corrected chi connectivity index (χ0v) is 20.0. The van der Waals surface area contributed by atoms with Gasteiger partial charge in [0.15, 0.2) is 0 Å². The van der Waals surface area contributed by atoms with Gasteiger partial charge in [-0.15, -0.1) is 0 Å². The van der Waals surface area contributed by atoms with Gasteiger partial charge in [0.25, 0.3) is 0 Å². The summed E-state index contributed by atoms with van der Waals surface area (Å²) in [6.45, 7) is 4.77. The average Bonchev–Trinajstić information content (AvgIpc) is 3.27. The molecule has 0 spiro atoms. The van der Waals surface area contributed by atoms with Gasteiger partial charge in [0, 0.05) is 5.41 Å². The Hall–Kier alpha value is -0.617. The van der Waals surface area contributed by atoms with Crippen molar-refractivity contribution in [3.05, 3.63) is 83.0 Å². The molecule has 2 aromatic rings. The molecule has 0 radical (unpaired) electrons. The molecule has 4 rings (SSSR count). The largest absolute Gasteiger partial charge is 2.00 e. The predicted octanol–water partition coefficient (Wildman–Crippen LogP) is 0.598. The van der Waals surface area contributed by atoms with Gasteiger partial charge < -0.3 is 24.8 Å². The van der Waals surface area contributed by atoms with Crippen molar-refractivity contribution >= 4 is 0 Å². The maximum absolute atomic E-state index is 2.47. The van der Waals surface area contributed by atoms with E-state index < -0.39 is 0 Å². The fourth-order valence-corrected chi connectivity index (χ4v) is 4.53. The summed E-state index contributed by atoms with van der Waals surface area (Å²) in [6.07, 6.45) is 12.9. The fourth-order valence-electron chi connectivity index (χ4n) is 4.53. The minimum atomic E-state index is 0. The third-order valence-corrected chi connectivity index (χ3v) is 5.96. The maximum atomic E-state index is 2.47. The van der Waals surface area contributed by atoms with Gasteiger partial charge >= 0.3 is 26.2 Å². The Labute approximate surface area is 195 Å². The second-order valence-electron chi connectivity index (χ2n) is 7.43. The second-order valence-corrected chi connectivity index (χ2v) is 7.43. The molecule has 2 aliphatic rings. The number of halogens is 2. The van der Waals surface area contributed by atoms with Crippen molar-refractivity contribution in [3.63, 3.8) is 0 Å². The number of fused-ring (bicyclic) bond motifs is 3. The Bertz CT molecular complexity index is 838. The van der Waals surface area contributed by atoms with Crippen molar-refractivity contribution in [1.82, 2.24) is 0 Å². The molecule has 0 amide bonds. The minimum absolute atomic E-state index is 0. The van der Waals surface area contributed by atoms with Crippen molar-refractivity contribution in [2.24, 2.45) is 0 Å². The molecule has 1 unspecified atom stereocenters. The molecule has 0 saturated heterocycles. The van der Waals surface area contributed by atoms with Crippen molar-refractivity contribution in [2.75, 3.05) is 0 Å². The van der Waals surface area contributed by atoms with E-state index in [0.29, 0.717) is 0 Å². The summed E-state index contributed by atoms with van der Waals surface area (Å²) in [4.78, 5) is 0. The molecule has 0 bridgehead atoms. The number of unbranched alkanes of at least 4 members (excludes halogenated alkanes) is 1. The van der Waals surface area contributed by atoms with Gasteiger partial charge in [0.2, 0.25) is 0 Å². The topological polar surface area (TPSA) is 0 Å². The molecule has 0 aromatic heterocycles. The van der Waals surface area contributed by atoms with E-state index in [1.807, 2.05) is 0 Å². The normalized spacial score (nSPS) is 15.4. The van der Waals surface area contributed by atoms with Crippen LogP contribution in [-0.4, -0.2) is 0 Å². The zero-order valence-electron chi connectivity index (χ0n) is 16.1. The van der Waals surface area contributed by atoms with E-state index in [2.05, 4.69) is 74.5 Å². The molecule has 1 atom stereocenters. The van der Waals surface area contributed by atoms with Gasteiger partial charge in [-0.05, 0) is 47.1 Å². The van der Waals surface area contributed by atoms with Crippen molar-refractivity contribution in [3.8, 4) is 11.1 Å². The average molecular weight is 477 g/mol. The molecule has 3 heteroatoms. The van der Waals surface area contributed by atoms with Crippen LogP contribution in [0.5, 0.6) is 0 Å². The van der Waals surface area contributed by atoms with Gasteiger partial charge in [0.05, 0.1) is 0 Å². The zero-order chi connectivity index (χ0) is 16.6. The molecular formula is C24H26Cl2Zr. The molecule has 0 fully saturated rings. The van der Waals surface area contributed by atoms with Crippen molar-refractivity contribution < 1.29 is 51.0 Å². The first-order valence-electron chi connectivity index (χ1n) is 9.31. The smallest absolute Gasteiger partial charge is 1.00 e. The van der Waals surface area contributed by atoms with Crippen LogP contribution < -0.4 is 24.8 Å². The van der Waals surface area contributed by atoms with E-state index in [0.717, 1.165) is 12.8 Å². The number of hydrogen-bond acceptors (Lipinski definition) is 0. The predicted molar refractivity (Wildman–Crippen MR) is 103 cm³/mol. The van der Waals surface area contributed by atoms with Crippen molar-refractivity contribution in [1.29, 1.82) is 0 Å². The third-order valence-electron chi connectivity index (χ3n) is 5.96. The molecule has 2 aromatic carbocycles. The van der Waals surface area contributed by atoms with E-state index in [1.54, 1.807) is 16.7 Å². The molecular weight excluding hydrogens is 450 g/mol. The van der Waals surface area contributed by atoms with Gasteiger partial charge in [-0.2, -0.15) is 0 Å². The summed E-state index contributed by atoms with van der Waals surface area (Å²) >= 11 is 0. The summed E-state index contributed by atoms with van der Waals surface area (Å²) in [5.41, 5.74) is 9.23. The van der Waals surface area contributed by atoms with E-state index in [-0.39, 0.29) is 56.4 Å². The number of rotatable bonds is 5.